The minimum Gasteiger partial charge on any atom is -0.305 e. The summed E-state index contributed by atoms with van der Waals surface area (Å²) >= 11 is 7.15. The number of hydrogen-bond donors (Lipinski definition) is 0. The van der Waals surface area contributed by atoms with Crippen LogP contribution in [0.4, 0.5) is 0 Å². The molecule has 0 fully saturated rings. The highest BCUT2D eigenvalue weighted by atomic mass is 35.5. The summed E-state index contributed by atoms with van der Waals surface area (Å²) in [7, 11) is 0. The van der Waals surface area contributed by atoms with Crippen LogP contribution in [0.3, 0.4) is 0 Å². The molecule has 3 heteroatoms. The average Bonchev–Trinajstić information content (AvgIpc) is 2.33. The van der Waals surface area contributed by atoms with Crippen molar-refractivity contribution in [3.8, 4) is 0 Å². The molecule has 0 spiro atoms. The summed E-state index contributed by atoms with van der Waals surface area (Å²) in [5, 5.41) is 0.775. The SMILES string of the molecule is Clc1ccc2c(c1)SOC2. The van der Waals surface area contributed by atoms with Crippen molar-refractivity contribution in [3.05, 3.63) is 28.8 Å². The van der Waals surface area contributed by atoms with Gasteiger partial charge >= 0.3 is 0 Å². The topological polar surface area (TPSA) is 9.23 Å². The molecule has 1 nitrogen and oxygen atoms in total. The van der Waals surface area contributed by atoms with Crippen molar-refractivity contribution in [1.29, 1.82) is 0 Å². The van der Waals surface area contributed by atoms with E-state index in [9.17, 15) is 0 Å². The van der Waals surface area contributed by atoms with Gasteiger partial charge in [-0.15, -0.1) is 0 Å². The Morgan fingerprint density at radius 2 is 2.40 bits per heavy atom. The molecule has 0 aromatic heterocycles. The zero-order valence-corrected chi connectivity index (χ0v) is 6.71. The Bertz CT molecular complexity index is 262. The maximum Gasteiger partial charge on any atom is 0.0881 e. The van der Waals surface area contributed by atoms with E-state index in [4.69, 9.17) is 15.8 Å². The lowest BCUT2D eigenvalue weighted by Crippen LogP contribution is -1.76. The molecule has 1 aliphatic heterocycles. The molecule has 0 atom stereocenters. The number of hydrogen-bond acceptors (Lipinski definition) is 2. The fourth-order valence-electron chi connectivity index (χ4n) is 0.882. The maximum absolute atomic E-state index is 5.75. The Morgan fingerprint density at radius 1 is 1.50 bits per heavy atom. The van der Waals surface area contributed by atoms with Gasteiger partial charge in [0.05, 0.1) is 6.61 Å². The van der Waals surface area contributed by atoms with Gasteiger partial charge in [0.2, 0.25) is 0 Å². The fourth-order valence-corrected chi connectivity index (χ4v) is 1.84. The highest BCUT2D eigenvalue weighted by Gasteiger charge is 2.11. The van der Waals surface area contributed by atoms with Crippen LogP contribution in [-0.2, 0) is 10.8 Å². The first-order chi connectivity index (χ1) is 4.86. The number of benzene rings is 1. The molecule has 0 bridgehead atoms. The van der Waals surface area contributed by atoms with E-state index in [1.165, 1.54) is 17.6 Å². The normalized spacial score (nSPS) is 15.3. The first kappa shape index (κ1) is 6.53. The summed E-state index contributed by atoms with van der Waals surface area (Å²) in [6.45, 7) is 0.706. The van der Waals surface area contributed by atoms with Crippen LogP contribution in [0.25, 0.3) is 0 Å². The standard InChI is InChI=1S/C7H5ClOS/c8-6-2-1-5-4-9-10-7(5)3-6/h1-3H,4H2. The molecule has 1 aromatic carbocycles. The van der Waals surface area contributed by atoms with Crippen LogP contribution >= 0.6 is 23.6 Å². The van der Waals surface area contributed by atoms with Crippen molar-refractivity contribution in [2.24, 2.45) is 0 Å². The third-order valence-electron chi connectivity index (χ3n) is 1.39. The second-order valence-electron chi connectivity index (χ2n) is 2.10. The van der Waals surface area contributed by atoms with Crippen molar-refractivity contribution >= 4 is 23.6 Å². The first-order valence-electron chi connectivity index (χ1n) is 2.94. The van der Waals surface area contributed by atoms with Crippen LogP contribution in [-0.4, -0.2) is 0 Å². The van der Waals surface area contributed by atoms with Gasteiger partial charge in [-0.2, -0.15) is 0 Å². The second-order valence-corrected chi connectivity index (χ2v) is 3.38. The number of rotatable bonds is 0. The lowest BCUT2D eigenvalue weighted by atomic mass is 10.2. The molecule has 0 saturated carbocycles. The molecule has 1 aliphatic rings. The third-order valence-corrected chi connectivity index (χ3v) is 2.42. The summed E-state index contributed by atoms with van der Waals surface area (Å²) in [4.78, 5) is 1.15. The zero-order chi connectivity index (χ0) is 6.97. The Hall–Kier alpha value is -0.180. The van der Waals surface area contributed by atoms with Gasteiger partial charge in [-0.25, -0.2) is 0 Å². The van der Waals surface area contributed by atoms with Gasteiger partial charge in [-0.05, 0) is 17.7 Å². The predicted molar refractivity (Wildman–Crippen MR) is 42.1 cm³/mol. The van der Waals surface area contributed by atoms with Crippen molar-refractivity contribution in [2.45, 2.75) is 11.5 Å². The van der Waals surface area contributed by atoms with Crippen molar-refractivity contribution in [3.63, 3.8) is 0 Å². The average molecular weight is 173 g/mol. The van der Waals surface area contributed by atoms with Crippen molar-refractivity contribution in [1.82, 2.24) is 0 Å². The summed E-state index contributed by atoms with van der Waals surface area (Å²) in [5.41, 5.74) is 1.23. The van der Waals surface area contributed by atoms with E-state index >= 15 is 0 Å². The lowest BCUT2D eigenvalue weighted by Gasteiger charge is -1.93. The Balaban J connectivity index is 2.52. The van der Waals surface area contributed by atoms with E-state index in [0.29, 0.717) is 6.61 Å². The van der Waals surface area contributed by atoms with Gasteiger partial charge in [0.1, 0.15) is 0 Å². The highest BCUT2D eigenvalue weighted by molar-refractivity contribution is 7.95. The summed E-state index contributed by atoms with van der Waals surface area (Å²) in [6, 6.07) is 5.81. The lowest BCUT2D eigenvalue weighted by molar-refractivity contribution is 0.379. The van der Waals surface area contributed by atoms with Crippen LogP contribution < -0.4 is 0 Å². The second kappa shape index (κ2) is 2.46. The monoisotopic (exact) mass is 172 g/mol. The minimum atomic E-state index is 0.706. The first-order valence-corrected chi connectivity index (χ1v) is 4.06. The molecule has 0 N–H and O–H groups in total. The Kier molecular flexibility index (Phi) is 1.60. The maximum atomic E-state index is 5.75. The molecule has 52 valence electrons. The van der Waals surface area contributed by atoms with Crippen LogP contribution in [0, 0.1) is 0 Å². The van der Waals surface area contributed by atoms with Crippen LogP contribution in [0.2, 0.25) is 5.02 Å². The van der Waals surface area contributed by atoms with Gasteiger partial charge in [-0.3, -0.25) is 0 Å². The van der Waals surface area contributed by atoms with E-state index in [0.717, 1.165) is 9.92 Å². The Labute approximate surface area is 68.5 Å². The molecule has 10 heavy (non-hydrogen) atoms. The van der Waals surface area contributed by atoms with E-state index in [1.807, 2.05) is 18.2 Å². The molecule has 0 unspecified atom stereocenters. The van der Waals surface area contributed by atoms with Crippen LogP contribution in [0.5, 0.6) is 0 Å². The molecule has 0 saturated heterocycles. The van der Waals surface area contributed by atoms with Gasteiger partial charge < -0.3 is 4.18 Å². The van der Waals surface area contributed by atoms with Crippen LogP contribution in [0.1, 0.15) is 5.56 Å². The molecule has 0 aliphatic carbocycles. The molecule has 0 radical (unpaired) electrons. The van der Waals surface area contributed by atoms with E-state index in [-0.39, 0.29) is 0 Å². The Morgan fingerprint density at radius 3 is 3.30 bits per heavy atom. The number of halogens is 1. The largest absolute Gasteiger partial charge is 0.305 e. The minimum absolute atomic E-state index is 0.706. The summed E-state index contributed by atoms with van der Waals surface area (Å²) < 4.78 is 5.13. The van der Waals surface area contributed by atoms with Crippen LogP contribution in [0.15, 0.2) is 23.1 Å². The van der Waals surface area contributed by atoms with E-state index < -0.39 is 0 Å². The summed E-state index contributed by atoms with van der Waals surface area (Å²) in [5.74, 6) is 0. The third kappa shape index (κ3) is 1.03. The quantitative estimate of drug-likeness (QED) is 0.557. The molecule has 1 aromatic rings. The van der Waals surface area contributed by atoms with E-state index in [1.54, 1.807) is 0 Å². The molecular weight excluding hydrogens is 168 g/mol. The fraction of sp³-hybridized carbons (Fsp3) is 0.143. The molecule has 2 rings (SSSR count). The molecule has 0 amide bonds. The van der Waals surface area contributed by atoms with Crippen molar-refractivity contribution in [2.75, 3.05) is 0 Å². The van der Waals surface area contributed by atoms with E-state index in [2.05, 4.69) is 0 Å². The van der Waals surface area contributed by atoms with Crippen molar-refractivity contribution < 1.29 is 4.18 Å². The highest BCUT2D eigenvalue weighted by Crippen LogP contribution is 2.34. The zero-order valence-electron chi connectivity index (χ0n) is 5.13. The number of fused-ring (bicyclic) bond motifs is 1. The van der Waals surface area contributed by atoms with Gasteiger partial charge in [-0.1, -0.05) is 17.7 Å². The predicted octanol–water partition coefficient (Wildman–Crippen LogP) is 2.88. The van der Waals surface area contributed by atoms with Gasteiger partial charge in [0.25, 0.3) is 0 Å². The smallest absolute Gasteiger partial charge is 0.0881 e. The molecular formula is C7H5ClOS. The summed E-state index contributed by atoms with van der Waals surface area (Å²) in [6.07, 6.45) is 0. The van der Waals surface area contributed by atoms with Gasteiger partial charge in [0, 0.05) is 22.0 Å². The molecule has 1 heterocycles. The van der Waals surface area contributed by atoms with Gasteiger partial charge in [0.15, 0.2) is 0 Å².